The lowest BCUT2D eigenvalue weighted by molar-refractivity contribution is -0.116. The minimum atomic E-state index is -0.170. The highest BCUT2D eigenvalue weighted by Crippen LogP contribution is 2.29. The van der Waals surface area contributed by atoms with Crippen LogP contribution >= 0.6 is 0 Å². The number of phenols is 2. The van der Waals surface area contributed by atoms with E-state index >= 15 is 0 Å². The fraction of sp³-hybridized carbons (Fsp3) is 0.300. The maximum Gasteiger partial charge on any atom is 0.160 e. The molecule has 1 aromatic rings. The quantitative estimate of drug-likeness (QED) is 0.679. The Bertz CT molecular complexity index is 319. The Kier molecular flexibility index (Phi) is 2.56. The highest BCUT2D eigenvalue weighted by atomic mass is 16.3. The summed E-state index contributed by atoms with van der Waals surface area (Å²) >= 11 is 0. The normalized spacial score (nSPS) is 10.0. The molecule has 0 saturated heterocycles. The van der Waals surface area contributed by atoms with Gasteiger partial charge in [0.2, 0.25) is 0 Å². The summed E-state index contributed by atoms with van der Waals surface area (Å²) in [4.78, 5) is 10.8. The Balaban J connectivity index is 3.06. The molecular formula is C10H12O3. The fourth-order valence-electron chi connectivity index (χ4n) is 1.22. The van der Waals surface area contributed by atoms with Crippen molar-refractivity contribution in [3.8, 4) is 11.5 Å². The predicted octanol–water partition coefficient (Wildman–Crippen LogP) is 1.54. The largest absolute Gasteiger partial charge is 0.504 e. The molecule has 0 amide bonds. The van der Waals surface area contributed by atoms with Crippen molar-refractivity contribution in [1.82, 2.24) is 0 Å². The molecule has 3 heteroatoms. The number of ketones is 1. The molecule has 0 unspecified atom stereocenters. The molecule has 0 saturated carbocycles. The first-order chi connectivity index (χ1) is 6.00. The topological polar surface area (TPSA) is 57.5 Å². The standard InChI is InChI=1S/C10H12O3/c1-6-3-8(4-7(2)11)5-9(12)10(6)13/h3,5,12-13H,4H2,1-2H3. The Hall–Kier alpha value is -1.51. The lowest BCUT2D eigenvalue weighted by Crippen LogP contribution is -1.96. The number of phenolic OH excluding ortho intramolecular Hbond substituents is 2. The van der Waals surface area contributed by atoms with Crippen molar-refractivity contribution in [2.24, 2.45) is 0 Å². The third-order valence-electron chi connectivity index (χ3n) is 1.79. The third kappa shape index (κ3) is 2.21. The van der Waals surface area contributed by atoms with E-state index in [1.165, 1.54) is 13.0 Å². The van der Waals surface area contributed by atoms with Crippen LogP contribution in [0.5, 0.6) is 11.5 Å². The summed E-state index contributed by atoms with van der Waals surface area (Å²) in [5.74, 6) is -0.256. The number of Topliss-reactive ketones (excluding diaryl/α,β-unsaturated/α-hetero) is 1. The number of rotatable bonds is 2. The first kappa shape index (κ1) is 9.58. The van der Waals surface area contributed by atoms with Gasteiger partial charge >= 0.3 is 0 Å². The molecule has 0 bridgehead atoms. The summed E-state index contributed by atoms with van der Waals surface area (Å²) in [5, 5.41) is 18.5. The minimum Gasteiger partial charge on any atom is -0.504 e. The van der Waals surface area contributed by atoms with Gasteiger partial charge in [-0.25, -0.2) is 0 Å². The molecule has 0 atom stereocenters. The highest BCUT2D eigenvalue weighted by Gasteiger charge is 2.06. The van der Waals surface area contributed by atoms with E-state index in [2.05, 4.69) is 0 Å². The number of hydrogen-bond acceptors (Lipinski definition) is 3. The molecule has 13 heavy (non-hydrogen) atoms. The molecule has 0 spiro atoms. The van der Waals surface area contributed by atoms with Crippen LogP contribution in [0, 0.1) is 6.92 Å². The van der Waals surface area contributed by atoms with Gasteiger partial charge in [0, 0.05) is 6.42 Å². The van der Waals surface area contributed by atoms with E-state index in [0.717, 1.165) is 5.56 Å². The van der Waals surface area contributed by atoms with Crippen molar-refractivity contribution in [3.63, 3.8) is 0 Å². The second-order valence-corrected chi connectivity index (χ2v) is 3.16. The zero-order chi connectivity index (χ0) is 10.0. The Morgan fingerprint density at radius 3 is 2.46 bits per heavy atom. The van der Waals surface area contributed by atoms with Crippen LogP contribution < -0.4 is 0 Å². The minimum absolute atomic E-state index is 0.0319. The number of aryl methyl sites for hydroxylation is 1. The monoisotopic (exact) mass is 180 g/mol. The molecular weight excluding hydrogens is 168 g/mol. The van der Waals surface area contributed by atoms with Crippen LogP contribution in [0.4, 0.5) is 0 Å². The number of carbonyl (C=O) groups excluding carboxylic acids is 1. The Morgan fingerprint density at radius 2 is 2.00 bits per heavy atom. The first-order valence-corrected chi connectivity index (χ1v) is 4.01. The molecule has 1 aromatic carbocycles. The van der Waals surface area contributed by atoms with Crippen molar-refractivity contribution >= 4 is 5.78 Å². The van der Waals surface area contributed by atoms with Gasteiger partial charge < -0.3 is 10.2 Å². The van der Waals surface area contributed by atoms with Gasteiger partial charge in [-0.05, 0) is 31.0 Å². The van der Waals surface area contributed by atoms with Gasteiger partial charge in [0.05, 0.1) is 0 Å². The van der Waals surface area contributed by atoms with E-state index < -0.39 is 0 Å². The molecule has 1 rings (SSSR count). The highest BCUT2D eigenvalue weighted by molar-refractivity contribution is 5.78. The summed E-state index contributed by atoms with van der Waals surface area (Å²) in [7, 11) is 0. The van der Waals surface area contributed by atoms with Crippen LogP contribution in [0.1, 0.15) is 18.1 Å². The average molecular weight is 180 g/mol. The van der Waals surface area contributed by atoms with Gasteiger partial charge in [-0.15, -0.1) is 0 Å². The molecule has 0 aliphatic heterocycles. The van der Waals surface area contributed by atoms with E-state index in [4.69, 9.17) is 0 Å². The predicted molar refractivity (Wildman–Crippen MR) is 48.9 cm³/mol. The Morgan fingerprint density at radius 1 is 1.38 bits per heavy atom. The van der Waals surface area contributed by atoms with Gasteiger partial charge in [0.25, 0.3) is 0 Å². The maximum absolute atomic E-state index is 10.8. The van der Waals surface area contributed by atoms with Crippen LogP contribution in [0.25, 0.3) is 0 Å². The smallest absolute Gasteiger partial charge is 0.160 e. The molecule has 3 nitrogen and oxygen atoms in total. The number of aromatic hydroxyl groups is 2. The van der Waals surface area contributed by atoms with Crippen LogP contribution in [-0.2, 0) is 11.2 Å². The lowest BCUT2D eigenvalue weighted by atomic mass is 10.1. The third-order valence-corrected chi connectivity index (χ3v) is 1.79. The zero-order valence-electron chi connectivity index (χ0n) is 7.66. The number of carbonyl (C=O) groups is 1. The van der Waals surface area contributed by atoms with Crippen molar-refractivity contribution in [2.75, 3.05) is 0 Å². The van der Waals surface area contributed by atoms with Gasteiger partial charge in [-0.3, -0.25) is 4.79 Å². The average Bonchev–Trinajstić information content (AvgIpc) is 1.98. The van der Waals surface area contributed by atoms with Crippen LogP contribution in [0.15, 0.2) is 12.1 Å². The number of hydrogen-bond donors (Lipinski definition) is 2. The summed E-state index contributed by atoms with van der Waals surface area (Å²) in [6.07, 6.45) is 0.286. The SMILES string of the molecule is CC(=O)Cc1cc(C)c(O)c(O)c1. The second-order valence-electron chi connectivity index (χ2n) is 3.16. The molecule has 0 radical (unpaired) electrons. The maximum atomic E-state index is 10.8. The summed E-state index contributed by atoms with van der Waals surface area (Å²) < 4.78 is 0. The Labute approximate surface area is 76.6 Å². The van der Waals surface area contributed by atoms with Crippen LogP contribution in [-0.4, -0.2) is 16.0 Å². The summed E-state index contributed by atoms with van der Waals surface area (Å²) in [5.41, 5.74) is 1.30. The molecule has 0 aromatic heterocycles. The molecule has 0 aliphatic carbocycles. The molecule has 0 heterocycles. The van der Waals surface area contributed by atoms with Gasteiger partial charge in [0.15, 0.2) is 11.5 Å². The van der Waals surface area contributed by atoms with Gasteiger partial charge in [0.1, 0.15) is 5.78 Å². The first-order valence-electron chi connectivity index (χ1n) is 4.01. The summed E-state index contributed by atoms with van der Waals surface area (Å²) in [6, 6.07) is 3.10. The van der Waals surface area contributed by atoms with Crippen LogP contribution in [0.2, 0.25) is 0 Å². The van der Waals surface area contributed by atoms with Crippen molar-refractivity contribution < 1.29 is 15.0 Å². The van der Waals surface area contributed by atoms with E-state index in [1.54, 1.807) is 13.0 Å². The van der Waals surface area contributed by atoms with Crippen molar-refractivity contribution in [1.29, 1.82) is 0 Å². The van der Waals surface area contributed by atoms with Crippen LogP contribution in [0.3, 0.4) is 0 Å². The van der Waals surface area contributed by atoms with E-state index in [9.17, 15) is 15.0 Å². The zero-order valence-corrected chi connectivity index (χ0v) is 7.66. The van der Waals surface area contributed by atoms with Gasteiger partial charge in [-0.2, -0.15) is 0 Å². The van der Waals surface area contributed by atoms with E-state index in [1.807, 2.05) is 0 Å². The second kappa shape index (κ2) is 3.47. The van der Waals surface area contributed by atoms with Crippen molar-refractivity contribution in [2.45, 2.75) is 20.3 Å². The fourth-order valence-corrected chi connectivity index (χ4v) is 1.22. The van der Waals surface area contributed by atoms with Gasteiger partial charge in [-0.1, -0.05) is 6.07 Å². The molecule has 0 fully saturated rings. The van der Waals surface area contributed by atoms with Crippen molar-refractivity contribution in [3.05, 3.63) is 23.3 Å². The van der Waals surface area contributed by atoms with E-state index in [0.29, 0.717) is 5.56 Å². The van der Waals surface area contributed by atoms with E-state index in [-0.39, 0.29) is 23.7 Å². The lowest BCUT2D eigenvalue weighted by Gasteiger charge is -2.04. The summed E-state index contributed by atoms with van der Waals surface area (Å²) in [6.45, 7) is 3.16. The molecule has 2 N–H and O–H groups in total. The number of benzene rings is 1. The molecule has 70 valence electrons. The molecule has 0 aliphatic rings.